The van der Waals surface area contributed by atoms with E-state index in [2.05, 4.69) is 10.2 Å². The Bertz CT molecular complexity index is 1020. The van der Waals surface area contributed by atoms with Crippen LogP contribution in [0.5, 0.6) is 0 Å². The standard InChI is InChI=1S/C21H19F2N3O3/c1-29-19(27)12-9-26(10-12)20(28)21-6-5-11(8-21)13-7-16(24-25-18(13)21)17-14(22)3-2-4-15(17)23/h2-4,7,11-12H,5-6,8-10H2,1H3/t11-,21-/m1/s1. The number of hydrogen-bond acceptors (Lipinski definition) is 5. The first-order valence-corrected chi connectivity index (χ1v) is 9.64. The van der Waals surface area contributed by atoms with Crippen LogP contribution in [-0.4, -0.2) is 47.2 Å². The lowest BCUT2D eigenvalue weighted by Gasteiger charge is -2.42. The van der Waals surface area contributed by atoms with Gasteiger partial charge in [-0.25, -0.2) is 8.78 Å². The molecule has 1 aromatic carbocycles. The van der Waals surface area contributed by atoms with Crippen LogP contribution in [0, 0.1) is 17.6 Å². The van der Waals surface area contributed by atoms with Crippen LogP contribution in [0.3, 0.4) is 0 Å². The largest absolute Gasteiger partial charge is 0.469 e. The van der Waals surface area contributed by atoms with Gasteiger partial charge in [-0.3, -0.25) is 9.59 Å². The predicted molar refractivity (Wildman–Crippen MR) is 97.7 cm³/mol. The molecule has 3 aliphatic rings. The smallest absolute Gasteiger partial charge is 0.312 e. The number of likely N-dealkylation sites (tertiary alicyclic amines) is 1. The molecule has 1 amide bonds. The number of rotatable bonds is 3. The van der Waals surface area contributed by atoms with E-state index in [4.69, 9.17) is 4.74 Å². The maximum atomic E-state index is 14.2. The molecule has 6 nitrogen and oxygen atoms in total. The van der Waals surface area contributed by atoms with E-state index >= 15 is 0 Å². The summed E-state index contributed by atoms with van der Waals surface area (Å²) in [6, 6.07) is 5.35. The zero-order chi connectivity index (χ0) is 20.3. The molecule has 2 atom stereocenters. The van der Waals surface area contributed by atoms with Crippen LogP contribution in [0.4, 0.5) is 8.78 Å². The number of ether oxygens (including phenoxy) is 1. The van der Waals surface area contributed by atoms with Gasteiger partial charge in [0.1, 0.15) is 11.6 Å². The maximum absolute atomic E-state index is 14.2. The summed E-state index contributed by atoms with van der Waals surface area (Å²) in [6.45, 7) is 0.693. The predicted octanol–water partition coefficient (Wildman–Crippen LogP) is 2.57. The number of esters is 1. The van der Waals surface area contributed by atoms with E-state index in [-0.39, 0.29) is 35.0 Å². The van der Waals surface area contributed by atoms with Crippen LogP contribution in [0.2, 0.25) is 0 Å². The summed E-state index contributed by atoms with van der Waals surface area (Å²) in [5.74, 6) is -1.89. The molecule has 2 aromatic rings. The number of carbonyl (C=O) groups is 2. The van der Waals surface area contributed by atoms with Crippen molar-refractivity contribution in [3.63, 3.8) is 0 Å². The minimum absolute atomic E-state index is 0.0435. The van der Waals surface area contributed by atoms with Gasteiger partial charge in [-0.2, -0.15) is 5.10 Å². The van der Waals surface area contributed by atoms with Crippen LogP contribution in [0.15, 0.2) is 24.3 Å². The molecule has 0 spiro atoms. The molecule has 1 aliphatic heterocycles. The SMILES string of the molecule is COC(=O)C1CN(C(=O)[C@]23CC[C@H](C2)c2cc(-c4c(F)cccc4F)nnc23)C1. The normalized spacial score (nSPS) is 24.9. The Labute approximate surface area is 165 Å². The zero-order valence-electron chi connectivity index (χ0n) is 15.8. The Kier molecular flexibility index (Phi) is 3.94. The highest BCUT2D eigenvalue weighted by Crippen LogP contribution is 2.57. The molecule has 0 radical (unpaired) electrons. The third-order valence-corrected chi connectivity index (χ3v) is 6.56. The maximum Gasteiger partial charge on any atom is 0.312 e. The lowest BCUT2D eigenvalue weighted by molar-refractivity contribution is -0.157. The molecule has 8 heteroatoms. The summed E-state index contributed by atoms with van der Waals surface area (Å²) in [4.78, 5) is 26.6. The molecule has 5 rings (SSSR count). The van der Waals surface area contributed by atoms with Crippen molar-refractivity contribution in [1.29, 1.82) is 0 Å². The van der Waals surface area contributed by atoms with Crippen LogP contribution in [0.1, 0.15) is 36.4 Å². The van der Waals surface area contributed by atoms with Crippen molar-refractivity contribution >= 4 is 11.9 Å². The van der Waals surface area contributed by atoms with Gasteiger partial charge in [0.25, 0.3) is 0 Å². The highest BCUT2D eigenvalue weighted by Gasteiger charge is 2.58. The second-order valence-corrected chi connectivity index (χ2v) is 8.08. The van der Waals surface area contributed by atoms with Gasteiger partial charge < -0.3 is 9.64 Å². The lowest BCUT2D eigenvalue weighted by atomic mass is 9.80. The van der Waals surface area contributed by atoms with Crippen LogP contribution < -0.4 is 0 Å². The zero-order valence-corrected chi connectivity index (χ0v) is 15.8. The molecule has 0 N–H and O–H groups in total. The summed E-state index contributed by atoms with van der Waals surface area (Å²) in [5.41, 5.74) is 0.655. The molecule has 2 bridgehead atoms. The number of benzene rings is 1. The molecule has 2 heterocycles. The van der Waals surface area contributed by atoms with E-state index in [1.54, 1.807) is 11.0 Å². The number of amides is 1. The summed E-state index contributed by atoms with van der Waals surface area (Å²) in [7, 11) is 1.34. The van der Waals surface area contributed by atoms with Gasteiger partial charge in [-0.1, -0.05) is 6.07 Å². The van der Waals surface area contributed by atoms with Crippen LogP contribution in [-0.2, 0) is 19.7 Å². The van der Waals surface area contributed by atoms with Crippen molar-refractivity contribution in [3.05, 3.63) is 47.2 Å². The highest BCUT2D eigenvalue weighted by molar-refractivity contribution is 5.92. The number of hydrogen-bond donors (Lipinski definition) is 0. The van der Waals surface area contributed by atoms with Crippen molar-refractivity contribution in [2.75, 3.05) is 20.2 Å². The molecule has 1 saturated heterocycles. The Morgan fingerprint density at radius 1 is 1.21 bits per heavy atom. The van der Waals surface area contributed by atoms with E-state index in [1.165, 1.54) is 25.3 Å². The number of fused-ring (bicyclic) bond motifs is 5. The minimum atomic E-state index is -0.750. The molecule has 0 unspecified atom stereocenters. The first kappa shape index (κ1) is 18.1. The van der Waals surface area contributed by atoms with Crippen molar-refractivity contribution in [2.45, 2.75) is 30.6 Å². The van der Waals surface area contributed by atoms with E-state index < -0.39 is 17.0 Å². The van der Waals surface area contributed by atoms with Crippen molar-refractivity contribution in [3.8, 4) is 11.3 Å². The highest BCUT2D eigenvalue weighted by atomic mass is 19.1. The molecule has 150 valence electrons. The van der Waals surface area contributed by atoms with Gasteiger partial charge in [0.2, 0.25) is 5.91 Å². The third-order valence-electron chi connectivity index (χ3n) is 6.56. The summed E-state index contributed by atoms with van der Waals surface area (Å²) in [6.07, 6.45) is 2.11. The number of halogens is 2. The number of methoxy groups -OCH3 is 1. The second-order valence-electron chi connectivity index (χ2n) is 8.08. The van der Waals surface area contributed by atoms with Crippen molar-refractivity contribution < 1.29 is 23.1 Å². The topological polar surface area (TPSA) is 72.4 Å². The van der Waals surface area contributed by atoms with Gasteiger partial charge in [0.05, 0.1) is 35.4 Å². The fourth-order valence-corrected chi connectivity index (χ4v) is 5.04. The van der Waals surface area contributed by atoms with Gasteiger partial charge >= 0.3 is 5.97 Å². The number of nitrogens with zero attached hydrogens (tertiary/aromatic N) is 3. The monoisotopic (exact) mass is 399 g/mol. The number of carbonyl (C=O) groups excluding carboxylic acids is 2. The van der Waals surface area contributed by atoms with Gasteiger partial charge in [0, 0.05) is 13.1 Å². The molecule has 1 saturated carbocycles. The second kappa shape index (κ2) is 6.30. The third kappa shape index (κ3) is 2.51. The Morgan fingerprint density at radius 3 is 2.62 bits per heavy atom. The average Bonchev–Trinajstić information content (AvgIpc) is 3.25. The summed E-state index contributed by atoms with van der Waals surface area (Å²) >= 11 is 0. The average molecular weight is 399 g/mol. The Morgan fingerprint density at radius 2 is 1.93 bits per heavy atom. The first-order chi connectivity index (χ1) is 13.9. The number of aromatic nitrogens is 2. The Hall–Kier alpha value is -2.90. The molecular weight excluding hydrogens is 380 g/mol. The molecule has 2 aliphatic carbocycles. The summed E-state index contributed by atoms with van der Waals surface area (Å²) in [5, 5.41) is 8.36. The van der Waals surface area contributed by atoms with Crippen molar-refractivity contribution in [1.82, 2.24) is 15.1 Å². The lowest BCUT2D eigenvalue weighted by Crippen LogP contribution is -2.58. The van der Waals surface area contributed by atoms with Gasteiger partial charge in [-0.05, 0) is 48.9 Å². The molecule has 1 aromatic heterocycles. The fourth-order valence-electron chi connectivity index (χ4n) is 5.04. The van der Waals surface area contributed by atoms with Gasteiger partial charge in [0.15, 0.2) is 0 Å². The molecule has 29 heavy (non-hydrogen) atoms. The quantitative estimate of drug-likeness (QED) is 0.742. The molecular formula is C21H19F2N3O3. The van der Waals surface area contributed by atoms with E-state index in [1.807, 2.05) is 0 Å². The van der Waals surface area contributed by atoms with Crippen molar-refractivity contribution in [2.24, 2.45) is 5.92 Å². The fraction of sp³-hybridized carbons (Fsp3) is 0.429. The summed E-state index contributed by atoms with van der Waals surface area (Å²) < 4.78 is 33.1. The minimum Gasteiger partial charge on any atom is -0.469 e. The first-order valence-electron chi connectivity index (χ1n) is 9.64. The van der Waals surface area contributed by atoms with Gasteiger partial charge in [-0.15, -0.1) is 5.10 Å². The van der Waals surface area contributed by atoms with E-state index in [9.17, 15) is 18.4 Å². The molecule has 2 fully saturated rings. The van der Waals surface area contributed by atoms with E-state index in [0.717, 1.165) is 12.0 Å². The van der Waals surface area contributed by atoms with Crippen LogP contribution in [0.25, 0.3) is 11.3 Å². The Balaban J connectivity index is 1.47. The van der Waals surface area contributed by atoms with E-state index in [0.29, 0.717) is 31.6 Å². The van der Waals surface area contributed by atoms with Crippen LogP contribution >= 0.6 is 0 Å².